The number of nitrogens with zero attached hydrogens (tertiary/aromatic N) is 2. The molecule has 2 aromatic carbocycles. The van der Waals surface area contributed by atoms with Crippen LogP contribution in [0.1, 0.15) is 42.3 Å². The number of carbonyl (C=O) groups is 1. The van der Waals surface area contributed by atoms with E-state index >= 15 is 0 Å². The van der Waals surface area contributed by atoms with Crippen molar-refractivity contribution < 1.29 is 4.79 Å². The van der Waals surface area contributed by atoms with Crippen LogP contribution in [0.5, 0.6) is 0 Å². The molecule has 1 amide bonds. The SMILES string of the molecule is CC(C)(C)c1ccccc1NC(=O)c1cnn(Cc2ccccc2Cl)c1. The lowest BCUT2D eigenvalue weighted by Gasteiger charge is -2.22. The quantitative estimate of drug-likeness (QED) is 0.694. The van der Waals surface area contributed by atoms with Crippen molar-refractivity contribution in [2.75, 3.05) is 5.32 Å². The van der Waals surface area contributed by atoms with Crippen LogP contribution in [-0.2, 0) is 12.0 Å². The molecule has 1 aromatic heterocycles. The number of anilines is 1. The summed E-state index contributed by atoms with van der Waals surface area (Å²) in [7, 11) is 0. The highest BCUT2D eigenvalue weighted by molar-refractivity contribution is 6.31. The van der Waals surface area contributed by atoms with Gasteiger partial charge >= 0.3 is 0 Å². The van der Waals surface area contributed by atoms with Gasteiger partial charge in [-0.2, -0.15) is 5.10 Å². The Morgan fingerprint density at radius 3 is 2.54 bits per heavy atom. The average molecular weight is 368 g/mol. The van der Waals surface area contributed by atoms with Crippen molar-refractivity contribution in [1.29, 1.82) is 0 Å². The van der Waals surface area contributed by atoms with Crippen LogP contribution < -0.4 is 5.32 Å². The molecule has 0 aliphatic rings. The van der Waals surface area contributed by atoms with Crippen molar-refractivity contribution in [3.8, 4) is 0 Å². The Morgan fingerprint density at radius 1 is 1.12 bits per heavy atom. The first-order valence-electron chi connectivity index (χ1n) is 8.51. The number of aromatic nitrogens is 2. The molecule has 0 radical (unpaired) electrons. The van der Waals surface area contributed by atoms with E-state index in [9.17, 15) is 4.79 Å². The summed E-state index contributed by atoms with van der Waals surface area (Å²) < 4.78 is 1.71. The molecule has 26 heavy (non-hydrogen) atoms. The van der Waals surface area contributed by atoms with Crippen LogP contribution in [0.3, 0.4) is 0 Å². The number of hydrogen-bond donors (Lipinski definition) is 1. The molecule has 134 valence electrons. The fraction of sp³-hybridized carbons (Fsp3) is 0.238. The number of carbonyl (C=O) groups excluding carboxylic acids is 1. The van der Waals surface area contributed by atoms with Crippen LogP contribution in [0.2, 0.25) is 5.02 Å². The Hall–Kier alpha value is -2.59. The molecule has 1 heterocycles. The highest BCUT2D eigenvalue weighted by atomic mass is 35.5. The van der Waals surface area contributed by atoms with E-state index in [1.165, 1.54) is 0 Å². The van der Waals surface area contributed by atoms with Gasteiger partial charge in [-0.25, -0.2) is 0 Å². The van der Waals surface area contributed by atoms with Gasteiger partial charge in [0.2, 0.25) is 0 Å². The molecule has 0 bridgehead atoms. The van der Waals surface area contributed by atoms with E-state index in [0.29, 0.717) is 17.1 Å². The van der Waals surface area contributed by atoms with E-state index in [4.69, 9.17) is 11.6 Å². The van der Waals surface area contributed by atoms with Crippen LogP contribution in [-0.4, -0.2) is 15.7 Å². The summed E-state index contributed by atoms with van der Waals surface area (Å²) in [4.78, 5) is 12.6. The summed E-state index contributed by atoms with van der Waals surface area (Å²) in [6.45, 7) is 6.89. The van der Waals surface area contributed by atoms with Gasteiger partial charge in [-0.15, -0.1) is 0 Å². The first-order valence-corrected chi connectivity index (χ1v) is 8.89. The summed E-state index contributed by atoms with van der Waals surface area (Å²) in [5.41, 5.74) is 3.33. The summed E-state index contributed by atoms with van der Waals surface area (Å²) in [5, 5.41) is 7.98. The zero-order valence-electron chi connectivity index (χ0n) is 15.2. The number of amides is 1. The maximum absolute atomic E-state index is 12.6. The van der Waals surface area contributed by atoms with Crippen LogP contribution in [0, 0.1) is 0 Å². The number of halogens is 1. The van der Waals surface area contributed by atoms with E-state index in [2.05, 4.69) is 31.2 Å². The van der Waals surface area contributed by atoms with E-state index in [1.54, 1.807) is 17.1 Å². The summed E-state index contributed by atoms with van der Waals surface area (Å²) in [5.74, 6) is -0.174. The Kier molecular flexibility index (Phi) is 5.14. The molecular weight excluding hydrogens is 346 g/mol. The highest BCUT2D eigenvalue weighted by Crippen LogP contribution is 2.29. The molecule has 3 rings (SSSR count). The van der Waals surface area contributed by atoms with Gasteiger partial charge in [0.15, 0.2) is 0 Å². The number of para-hydroxylation sites is 1. The van der Waals surface area contributed by atoms with E-state index in [0.717, 1.165) is 16.8 Å². The molecule has 1 N–H and O–H groups in total. The monoisotopic (exact) mass is 367 g/mol. The second-order valence-electron chi connectivity index (χ2n) is 7.27. The van der Waals surface area contributed by atoms with Crippen LogP contribution in [0.4, 0.5) is 5.69 Å². The third kappa shape index (κ3) is 4.14. The second-order valence-corrected chi connectivity index (χ2v) is 7.67. The van der Waals surface area contributed by atoms with Gasteiger partial charge < -0.3 is 5.32 Å². The van der Waals surface area contributed by atoms with E-state index in [1.807, 2.05) is 48.5 Å². The first kappa shape index (κ1) is 18.2. The second kappa shape index (κ2) is 7.34. The molecule has 0 fully saturated rings. The normalized spacial score (nSPS) is 11.4. The Labute approximate surface area is 158 Å². The van der Waals surface area contributed by atoms with Gasteiger partial charge in [-0.1, -0.05) is 68.8 Å². The average Bonchev–Trinajstić information content (AvgIpc) is 3.05. The maximum Gasteiger partial charge on any atom is 0.258 e. The number of hydrogen-bond acceptors (Lipinski definition) is 2. The molecule has 0 saturated carbocycles. The van der Waals surface area contributed by atoms with Crippen LogP contribution in [0.15, 0.2) is 60.9 Å². The van der Waals surface area contributed by atoms with Gasteiger partial charge in [0.1, 0.15) is 0 Å². The van der Waals surface area contributed by atoms with Crippen molar-refractivity contribution in [1.82, 2.24) is 9.78 Å². The van der Waals surface area contributed by atoms with Crippen molar-refractivity contribution in [3.05, 3.63) is 82.6 Å². The lowest BCUT2D eigenvalue weighted by molar-refractivity contribution is 0.102. The van der Waals surface area contributed by atoms with Crippen LogP contribution >= 0.6 is 11.6 Å². The highest BCUT2D eigenvalue weighted by Gasteiger charge is 2.19. The van der Waals surface area contributed by atoms with Gasteiger partial charge in [0.05, 0.1) is 18.3 Å². The Bertz CT molecular complexity index is 925. The molecule has 5 heteroatoms. The molecule has 0 aliphatic heterocycles. The predicted molar refractivity (Wildman–Crippen MR) is 106 cm³/mol. The van der Waals surface area contributed by atoms with Gasteiger partial charge in [-0.3, -0.25) is 9.48 Å². The molecular formula is C21H22ClN3O. The zero-order valence-corrected chi connectivity index (χ0v) is 15.9. The minimum Gasteiger partial charge on any atom is -0.322 e. The Balaban J connectivity index is 1.76. The smallest absolute Gasteiger partial charge is 0.258 e. The zero-order chi connectivity index (χ0) is 18.7. The first-order chi connectivity index (χ1) is 12.3. The molecule has 4 nitrogen and oxygen atoms in total. The van der Waals surface area contributed by atoms with E-state index in [-0.39, 0.29) is 11.3 Å². The lowest BCUT2D eigenvalue weighted by Crippen LogP contribution is -2.18. The predicted octanol–water partition coefficient (Wildman–Crippen LogP) is 5.13. The van der Waals surface area contributed by atoms with Crippen molar-refractivity contribution >= 4 is 23.2 Å². The molecule has 0 aliphatic carbocycles. The minimum atomic E-state index is -0.174. The topological polar surface area (TPSA) is 46.9 Å². The summed E-state index contributed by atoms with van der Waals surface area (Å²) in [6, 6.07) is 15.5. The third-order valence-corrected chi connectivity index (χ3v) is 4.54. The largest absolute Gasteiger partial charge is 0.322 e. The molecule has 3 aromatic rings. The van der Waals surface area contributed by atoms with Gasteiger partial charge in [0, 0.05) is 16.9 Å². The molecule has 0 unspecified atom stereocenters. The fourth-order valence-electron chi connectivity index (χ4n) is 2.81. The standard InChI is InChI=1S/C21H22ClN3O/c1-21(2,3)17-9-5-7-11-19(17)24-20(26)16-12-23-25(14-16)13-15-8-4-6-10-18(15)22/h4-12,14H,13H2,1-3H3,(H,24,26). The minimum absolute atomic E-state index is 0.0574. The summed E-state index contributed by atoms with van der Waals surface area (Å²) in [6.07, 6.45) is 3.31. The van der Waals surface area contributed by atoms with Crippen molar-refractivity contribution in [3.63, 3.8) is 0 Å². The molecule has 0 saturated heterocycles. The molecule has 0 spiro atoms. The molecule has 0 atom stereocenters. The number of rotatable bonds is 4. The maximum atomic E-state index is 12.6. The fourth-order valence-corrected chi connectivity index (χ4v) is 3.00. The number of nitrogens with one attached hydrogen (secondary N) is 1. The van der Waals surface area contributed by atoms with Crippen molar-refractivity contribution in [2.45, 2.75) is 32.7 Å². The van der Waals surface area contributed by atoms with E-state index < -0.39 is 0 Å². The summed E-state index contributed by atoms with van der Waals surface area (Å²) >= 11 is 6.19. The van der Waals surface area contributed by atoms with Gasteiger partial charge in [-0.05, 0) is 28.7 Å². The van der Waals surface area contributed by atoms with Gasteiger partial charge in [0.25, 0.3) is 5.91 Å². The Morgan fingerprint density at radius 2 is 1.81 bits per heavy atom. The lowest BCUT2D eigenvalue weighted by atomic mass is 9.86. The van der Waals surface area contributed by atoms with Crippen molar-refractivity contribution in [2.24, 2.45) is 0 Å². The third-order valence-electron chi connectivity index (χ3n) is 4.17. The number of benzene rings is 2. The van der Waals surface area contributed by atoms with Crippen LogP contribution in [0.25, 0.3) is 0 Å².